The van der Waals surface area contributed by atoms with Crippen LogP contribution in [-0.2, 0) is 13.0 Å². The molecule has 1 N–H and O–H groups in total. The Morgan fingerprint density at radius 1 is 0.875 bits per heavy atom. The number of ether oxygens (including phenoxy) is 1. The number of nitrogens with zero attached hydrogens (tertiary/aromatic N) is 1. The lowest BCUT2D eigenvalue weighted by Crippen LogP contribution is -2.25. The topological polar surface area (TPSA) is 32.7 Å². The Hall–Kier alpha value is -2.62. The minimum atomic E-state index is 0.101. The van der Waals surface area contributed by atoms with E-state index in [-0.39, 0.29) is 6.61 Å². The van der Waals surface area contributed by atoms with E-state index in [1.807, 2.05) is 0 Å². The Morgan fingerprint density at radius 3 is 2.41 bits per heavy atom. The quantitative estimate of drug-likeness (QED) is 0.539. The summed E-state index contributed by atoms with van der Waals surface area (Å²) in [7, 11) is 0. The van der Waals surface area contributed by atoms with E-state index >= 15 is 0 Å². The van der Waals surface area contributed by atoms with E-state index in [2.05, 4.69) is 77.7 Å². The first-order valence-electron chi connectivity index (χ1n) is 12.0. The zero-order chi connectivity index (χ0) is 21.8. The van der Waals surface area contributed by atoms with Gasteiger partial charge in [0, 0.05) is 12.5 Å². The number of hydrogen-bond donors (Lipinski definition) is 1. The van der Waals surface area contributed by atoms with E-state index in [0.29, 0.717) is 11.8 Å². The van der Waals surface area contributed by atoms with Crippen molar-refractivity contribution in [2.75, 3.05) is 26.2 Å². The van der Waals surface area contributed by atoms with E-state index in [1.165, 1.54) is 48.2 Å². The third-order valence-electron chi connectivity index (χ3n) is 7.19. The molecule has 1 heterocycles. The standard InChI is InChI=1S/C29H33NO2/c31-21-22-8-14-28-25(20-22)11-15-27(23-6-2-1-3-7-23)29(28)24-9-12-26(13-10-24)32-19-18-30-16-4-5-17-30/h1-3,6-10,12-14,20,27,29,31H,4-5,11,15-19,21H2. The van der Waals surface area contributed by atoms with Crippen molar-refractivity contribution >= 4 is 0 Å². The van der Waals surface area contributed by atoms with Gasteiger partial charge in [0.2, 0.25) is 0 Å². The molecule has 0 radical (unpaired) electrons. The maximum atomic E-state index is 9.61. The van der Waals surface area contributed by atoms with Gasteiger partial charge in [-0.15, -0.1) is 0 Å². The van der Waals surface area contributed by atoms with Gasteiger partial charge < -0.3 is 9.84 Å². The van der Waals surface area contributed by atoms with Gasteiger partial charge in [-0.25, -0.2) is 0 Å². The number of aryl methyl sites for hydroxylation is 1. The van der Waals surface area contributed by atoms with Crippen LogP contribution in [0.1, 0.15) is 58.9 Å². The van der Waals surface area contributed by atoms with Gasteiger partial charge in [0.1, 0.15) is 12.4 Å². The Bertz CT molecular complexity index is 1010. The lowest BCUT2D eigenvalue weighted by Gasteiger charge is -2.35. The average molecular weight is 428 g/mol. The molecule has 3 heteroatoms. The number of aliphatic hydroxyl groups excluding tert-OH is 1. The minimum Gasteiger partial charge on any atom is -0.492 e. The fraction of sp³-hybridized carbons (Fsp3) is 0.379. The summed E-state index contributed by atoms with van der Waals surface area (Å²) in [5, 5.41) is 9.61. The maximum Gasteiger partial charge on any atom is 0.119 e. The van der Waals surface area contributed by atoms with Gasteiger partial charge in [0.05, 0.1) is 6.61 Å². The molecule has 2 atom stereocenters. The van der Waals surface area contributed by atoms with Gasteiger partial charge in [-0.2, -0.15) is 0 Å². The molecule has 2 aliphatic rings. The second-order valence-corrected chi connectivity index (χ2v) is 9.19. The minimum absolute atomic E-state index is 0.101. The first-order valence-corrected chi connectivity index (χ1v) is 12.0. The summed E-state index contributed by atoms with van der Waals surface area (Å²) in [6.07, 6.45) is 4.81. The van der Waals surface area contributed by atoms with E-state index in [4.69, 9.17) is 4.74 Å². The number of rotatable bonds is 7. The Kier molecular flexibility index (Phi) is 6.56. The molecule has 0 amide bonds. The normalized spacial score (nSPS) is 20.8. The summed E-state index contributed by atoms with van der Waals surface area (Å²) in [5.74, 6) is 1.72. The zero-order valence-electron chi connectivity index (χ0n) is 18.7. The fourth-order valence-corrected chi connectivity index (χ4v) is 5.51. The molecular weight excluding hydrogens is 394 g/mol. The Morgan fingerprint density at radius 2 is 1.66 bits per heavy atom. The second kappa shape index (κ2) is 9.89. The smallest absolute Gasteiger partial charge is 0.119 e. The molecule has 2 unspecified atom stereocenters. The number of aliphatic hydroxyl groups is 1. The summed E-state index contributed by atoms with van der Waals surface area (Å²) in [4.78, 5) is 2.48. The van der Waals surface area contributed by atoms with Gasteiger partial charge in [-0.05, 0) is 84.6 Å². The number of hydrogen-bond acceptors (Lipinski definition) is 3. The molecule has 0 spiro atoms. The monoisotopic (exact) mass is 427 g/mol. The zero-order valence-corrected chi connectivity index (χ0v) is 18.7. The van der Waals surface area contributed by atoms with E-state index in [0.717, 1.165) is 37.3 Å². The highest BCUT2D eigenvalue weighted by Gasteiger charge is 2.32. The molecule has 3 aromatic rings. The molecule has 5 rings (SSSR count). The van der Waals surface area contributed by atoms with Crippen LogP contribution in [0.15, 0.2) is 72.8 Å². The fourth-order valence-electron chi connectivity index (χ4n) is 5.51. The molecule has 166 valence electrons. The number of likely N-dealkylation sites (tertiary alicyclic amines) is 1. The molecule has 32 heavy (non-hydrogen) atoms. The lowest BCUT2D eigenvalue weighted by molar-refractivity contribution is 0.237. The molecule has 0 saturated carbocycles. The summed E-state index contributed by atoms with van der Waals surface area (Å²) in [6.45, 7) is 4.29. The molecule has 1 aliphatic heterocycles. The first-order chi connectivity index (χ1) is 15.8. The molecular formula is C29H33NO2. The van der Waals surface area contributed by atoms with Crippen molar-refractivity contribution in [1.29, 1.82) is 0 Å². The van der Waals surface area contributed by atoms with E-state index in [9.17, 15) is 5.11 Å². The van der Waals surface area contributed by atoms with Crippen molar-refractivity contribution in [2.45, 2.75) is 44.1 Å². The first kappa shape index (κ1) is 21.2. The van der Waals surface area contributed by atoms with Crippen molar-refractivity contribution in [3.63, 3.8) is 0 Å². The van der Waals surface area contributed by atoms with Crippen LogP contribution in [0.25, 0.3) is 0 Å². The molecule has 0 bridgehead atoms. The van der Waals surface area contributed by atoms with Gasteiger partial charge in [0.15, 0.2) is 0 Å². The molecule has 1 aliphatic carbocycles. The van der Waals surface area contributed by atoms with Gasteiger partial charge in [-0.1, -0.05) is 60.7 Å². The molecule has 1 fully saturated rings. The van der Waals surface area contributed by atoms with Crippen LogP contribution in [0.2, 0.25) is 0 Å². The summed E-state index contributed by atoms with van der Waals surface area (Å²) < 4.78 is 6.05. The largest absolute Gasteiger partial charge is 0.492 e. The predicted molar refractivity (Wildman–Crippen MR) is 129 cm³/mol. The van der Waals surface area contributed by atoms with Gasteiger partial charge in [-0.3, -0.25) is 4.90 Å². The van der Waals surface area contributed by atoms with E-state index < -0.39 is 0 Å². The highest BCUT2D eigenvalue weighted by molar-refractivity contribution is 5.47. The van der Waals surface area contributed by atoms with Crippen LogP contribution in [-0.4, -0.2) is 36.2 Å². The maximum absolute atomic E-state index is 9.61. The van der Waals surface area contributed by atoms with Gasteiger partial charge >= 0.3 is 0 Å². The summed E-state index contributed by atoms with van der Waals surface area (Å²) >= 11 is 0. The molecule has 3 nitrogen and oxygen atoms in total. The SMILES string of the molecule is OCc1ccc2c(c1)CCC(c1ccccc1)C2c1ccc(OCCN2CCCC2)cc1. The highest BCUT2D eigenvalue weighted by atomic mass is 16.5. The highest BCUT2D eigenvalue weighted by Crippen LogP contribution is 2.46. The molecule has 1 saturated heterocycles. The van der Waals surface area contributed by atoms with Crippen LogP contribution in [0.4, 0.5) is 0 Å². The van der Waals surface area contributed by atoms with E-state index in [1.54, 1.807) is 0 Å². The molecule has 0 aromatic heterocycles. The van der Waals surface area contributed by atoms with Crippen molar-refractivity contribution in [1.82, 2.24) is 4.90 Å². The Balaban J connectivity index is 1.39. The second-order valence-electron chi connectivity index (χ2n) is 9.19. The third-order valence-corrected chi connectivity index (χ3v) is 7.19. The number of benzene rings is 3. The lowest BCUT2D eigenvalue weighted by atomic mass is 9.69. The number of fused-ring (bicyclic) bond motifs is 1. The van der Waals surface area contributed by atoms with Gasteiger partial charge in [0.25, 0.3) is 0 Å². The predicted octanol–water partition coefficient (Wildman–Crippen LogP) is 5.52. The van der Waals surface area contributed by atoms with Crippen LogP contribution < -0.4 is 4.74 Å². The van der Waals surface area contributed by atoms with Crippen molar-refractivity contribution in [3.05, 3.63) is 101 Å². The summed E-state index contributed by atoms with van der Waals surface area (Å²) in [6, 6.07) is 26.2. The van der Waals surface area contributed by atoms with Crippen molar-refractivity contribution in [3.8, 4) is 5.75 Å². The van der Waals surface area contributed by atoms with Crippen molar-refractivity contribution in [2.24, 2.45) is 0 Å². The van der Waals surface area contributed by atoms with Crippen LogP contribution in [0.3, 0.4) is 0 Å². The van der Waals surface area contributed by atoms with Crippen molar-refractivity contribution < 1.29 is 9.84 Å². The van der Waals surface area contributed by atoms with Crippen LogP contribution in [0.5, 0.6) is 5.75 Å². The third kappa shape index (κ3) is 4.60. The van der Waals surface area contributed by atoms with Crippen LogP contribution in [0, 0.1) is 0 Å². The summed E-state index contributed by atoms with van der Waals surface area (Å²) in [5.41, 5.74) is 6.51. The average Bonchev–Trinajstić information content (AvgIpc) is 3.37. The van der Waals surface area contributed by atoms with Crippen LogP contribution >= 0.6 is 0 Å². The Labute approximate surface area is 191 Å². The molecule has 3 aromatic carbocycles.